The third kappa shape index (κ3) is 9.67. The van der Waals surface area contributed by atoms with Crippen LogP contribution in [0.1, 0.15) is 91.5 Å². The van der Waals surface area contributed by atoms with E-state index in [0.717, 1.165) is 37.1 Å². The normalized spacial score (nSPS) is 13.0. The number of nitrogens with zero attached hydrogens (tertiary/aromatic N) is 1. The molecule has 0 bridgehead atoms. The van der Waals surface area contributed by atoms with Crippen LogP contribution in [-0.2, 0) is 25.7 Å². The van der Waals surface area contributed by atoms with Gasteiger partial charge in [-0.1, -0.05) is 91.8 Å². The van der Waals surface area contributed by atoms with Crippen LogP contribution in [0.5, 0.6) is 0 Å². The molecule has 0 unspecified atom stereocenters. The molecule has 0 aromatic heterocycles. The van der Waals surface area contributed by atoms with Crippen molar-refractivity contribution in [2.45, 2.75) is 94.9 Å². The Balaban J connectivity index is 2.43. The molecule has 2 aromatic rings. The predicted octanol–water partition coefficient (Wildman–Crippen LogP) is 9.59. The SMILES string of the molecule is C/C(=C/C(C)=N/c1c(CC(C)C)cccc1CC(C)C)Nc1c(CC(C)C)cccc1CC(C)C. The zero-order valence-corrected chi connectivity index (χ0v) is 24.1. The van der Waals surface area contributed by atoms with E-state index >= 15 is 0 Å². The van der Waals surface area contributed by atoms with E-state index in [9.17, 15) is 0 Å². The van der Waals surface area contributed by atoms with E-state index in [0.29, 0.717) is 23.7 Å². The molecule has 0 aliphatic carbocycles. The summed E-state index contributed by atoms with van der Waals surface area (Å²) >= 11 is 0. The Morgan fingerprint density at radius 3 is 1.43 bits per heavy atom. The first kappa shape index (κ1) is 28.9. The lowest BCUT2D eigenvalue weighted by Gasteiger charge is -2.20. The van der Waals surface area contributed by atoms with E-state index in [1.807, 2.05) is 0 Å². The molecular weight excluding hydrogens is 424 g/mol. The van der Waals surface area contributed by atoms with Crippen molar-refractivity contribution in [1.82, 2.24) is 0 Å². The summed E-state index contributed by atoms with van der Waals surface area (Å²) in [4.78, 5) is 5.19. The predicted molar refractivity (Wildman–Crippen MR) is 157 cm³/mol. The molecule has 0 fully saturated rings. The number of hydrogen-bond acceptors (Lipinski definition) is 2. The largest absolute Gasteiger partial charge is 0.359 e. The molecule has 0 radical (unpaired) electrons. The summed E-state index contributed by atoms with van der Waals surface area (Å²) in [7, 11) is 0. The fourth-order valence-electron chi connectivity index (χ4n) is 4.79. The lowest BCUT2D eigenvalue weighted by molar-refractivity contribution is 0.637. The smallest absolute Gasteiger partial charge is 0.0696 e. The summed E-state index contributed by atoms with van der Waals surface area (Å²) in [5.74, 6) is 2.45. The van der Waals surface area contributed by atoms with Gasteiger partial charge in [-0.3, -0.25) is 4.99 Å². The maximum Gasteiger partial charge on any atom is 0.0696 e. The Hall–Kier alpha value is -2.35. The highest BCUT2D eigenvalue weighted by atomic mass is 14.9. The first-order valence-electron chi connectivity index (χ1n) is 13.7. The van der Waals surface area contributed by atoms with Gasteiger partial charge in [0.25, 0.3) is 0 Å². The van der Waals surface area contributed by atoms with Crippen LogP contribution in [0.3, 0.4) is 0 Å². The van der Waals surface area contributed by atoms with Crippen LogP contribution in [0.4, 0.5) is 11.4 Å². The molecule has 2 rings (SSSR count). The minimum absolute atomic E-state index is 0.606. The van der Waals surface area contributed by atoms with Crippen LogP contribution in [0.15, 0.2) is 53.2 Å². The molecule has 2 nitrogen and oxygen atoms in total. The van der Waals surface area contributed by atoms with Crippen molar-refractivity contribution in [2.75, 3.05) is 5.32 Å². The minimum atomic E-state index is 0.606. The Bertz CT molecular complexity index is 949. The summed E-state index contributed by atoms with van der Waals surface area (Å²) in [5, 5.41) is 3.78. The summed E-state index contributed by atoms with van der Waals surface area (Å²) in [5.41, 5.74) is 10.2. The molecule has 1 N–H and O–H groups in total. The van der Waals surface area contributed by atoms with Gasteiger partial charge in [-0.25, -0.2) is 0 Å². The van der Waals surface area contributed by atoms with Gasteiger partial charge in [-0.15, -0.1) is 0 Å². The summed E-state index contributed by atoms with van der Waals surface area (Å²) in [6.45, 7) is 22.6. The average Bonchev–Trinajstić information content (AvgIpc) is 2.71. The van der Waals surface area contributed by atoms with Gasteiger partial charge in [-0.2, -0.15) is 0 Å². The standard InChI is InChI=1S/C33H50N2/c1-22(2)17-28-13-11-14-29(18-23(3)4)32(28)34-26(9)21-27(10)35-33-30(19-24(5)6)15-12-16-31(33)20-25(7)8/h11-16,21-25,34H,17-20H2,1-10H3/b26-21-,35-27+. The third-order valence-corrected chi connectivity index (χ3v) is 5.99. The van der Waals surface area contributed by atoms with Gasteiger partial charge in [0, 0.05) is 17.1 Å². The lowest BCUT2D eigenvalue weighted by atomic mass is 9.94. The van der Waals surface area contributed by atoms with Crippen LogP contribution < -0.4 is 5.32 Å². The molecule has 0 saturated heterocycles. The van der Waals surface area contributed by atoms with Gasteiger partial charge in [0.2, 0.25) is 0 Å². The van der Waals surface area contributed by atoms with Crippen molar-refractivity contribution >= 4 is 17.1 Å². The Morgan fingerprint density at radius 2 is 1.03 bits per heavy atom. The first-order chi connectivity index (χ1) is 16.5. The fraction of sp³-hybridized carbons (Fsp3) is 0.545. The highest BCUT2D eigenvalue weighted by Crippen LogP contribution is 2.30. The van der Waals surface area contributed by atoms with E-state index in [-0.39, 0.29) is 0 Å². The van der Waals surface area contributed by atoms with E-state index in [1.165, 1.54) is 33.6 Å². The topological polar surface area (TPSA) is 24.4 Å². The van der Waals surface area contributed by atoms with Crippen molar-refractivity contribution < 1.29 is 0 Å². The van der Waals surface area contributed by atoms with Crippen molar-refractivity contribution in [2.24, 2.45) is 28.7 Å². The summed E-state index contributed by atoms with van der Waals surface area (Å²) in [6, 6.07) is 13.5. The van der Waals surface area contributed by atoms with E-state index in [1.54, 1.807) is 0 Å². The first-order valence-corrected chi connectivity index (χ1v) is 13.7. The molecule has 0 amide bonds. The third-order valence-electron chi connectivity index (χ3n) is 5.99. The molecule has 192 valence electrons. The van der Waals surface area contributed by atoms with Gasteiger partial charge < -0.3 is 5.32 Å². The highest BCUT2D eigenvalue weighted by molar-refractivity contribution is 5.96. The monoisotopic (exact) mass is 474 g/mol. The molecule has 2 heteroatoms. The second-order valence-corrected chi connectivity index (χ2v) is 12.0. The average molecular weight is 475 g/mol. The summed E-state index contributed by atoms with van der Waals surface area (Å²) < 4.78 is 0. The van der Waals surface area contributed by atoms with Crippen molar-refractivity contribution in [3.8, 4) is 0 Å². The van der Waals surface area contributed by atoms with E-state index in [4.69, 9.17) is 4.99 Å². The zero-order chi connectivity index (χ0) is 26.1. The van der Waals surface area contributed by atoms with Crippen LogP contribution >= 0.6 is 0 Å². The molecule has 35 heavy (non-hydrogen) atoms. The number of para-hydroxylation sites is 2. The maximum absolute atomic E-state index is 5.19. The maximum atomic E-state index is 5.19. The second kappa shape index (κ2) is 13.7. The van der Waals surface area contributed by atoms with Gasteiger partial charge in [0.15, 0.2) is 0 Å². The number of hydrogen-bond donors (Lipinski definition) is 1. The Labute approximate surface area is 216 Å². The van der Waals surface area contributed by atoms with E-state index in [2.05, 4.69) is 117 Å². The van der Waals surface area contributed by atoms with Crippen molar-refractivity contribution in [1.29, 1.82) is 0 Å². The van der Waals surface area contributed by atoms with Crippen LogP contribution in [0.2, 0.25) is 0 Å². The van der Waals surface area contributed by atoms with Crippen molar-refractivity contribution in [3.05, 3.63) is 70.4 Å². The highest BCUT2D eigenvalue weighted by Gasteiger charge is 2.13. The van der Waals surface area contributed by atoms with E-state index < -0.39 is 0 Å². The molecule has 0 saturated carbocycles. The van der Waals surface area contributed by atoms with Crippen LogP contribution in [0, 0.1) is 23.7 Å². The molecule has 0 spiro atoms. The molecule has 2 aromatic carbocycles. The Morgan fingerprint density at radius 1 is 0.657 bits per heavy atom. The molecular formula is C33H50N2. The van der Waals surface area contributed by atoms with Gasteiger partial charge in [0.1, 0.15) is 0 Å². The van der Waals surface area contributed by atoms with Gasteiger partial charge in [0.05, 0.1) is 5.69 Å². The molecule has 0 aliphatic rings. The number of benzene rings is 2. The minimum Gasteiger partial charge on any atom is -0.359 e. The number of aliphatic imine (C=N–C) groups is 1. The molecule has 0 aliphatic heterocycles. The number of rotatable bonds is 12. The fourth-order valence-corrected chi connectivity index (χ4v) is 4.79. The molecule has 0 atom stereocenters. The van der Waals surface area contributed by atoms with Gasteiger partial charge >= 0.3 is 0 Å². The van der Waals surface area contributed by atoms with Gasteiger partial charge in [-0.05, 0) is 91.5 Å². The quantitative estimate of drug-likeness (QED) is 0.304. The second-order valence-electron chi connectivity index (χ2n) is 12.0. The number of anilines is 1. The Kier molecular flexibility index (Phi) is 11.3. The lowest BCUT2D eigenvalue weighted by Crippen LogP contribution is -2.08. The zero-order valence-electron chi connectivity index (χ0n) is 24.1. The molecule has 0 heterocycles. The van der Waals surface area contributed by atoms with Crippen molar-refractivity contribution in [3.63, 3.8) is 0 Å². The van der Waals surface area contributed by atoms with Crippen LogP contribution in [0.25, 0.3) is 0 Å². The summed E-state index contributed by atoms with van der Waals surface area (Å²) in [6.07, 6.45) is 6.47. The number of allylic oxidation sites excluding steroid dienone is 2. The van der Waals surface area contributed by atoms with Crippen LogP contribution in [-0.4, -0.2) is 5.71 Å². The number of nitrogens with one attached hydrogen (secondary N) is 1.